The smallest absolute Gasteiger partial charge is 0.220 e. The van der Waals surface area contributed by atoms with Crippen molar-refractivity contribution in [3.63, 3.8) is 0 Å². The second-order valence-corrected chi connectivity index (χ2v) is 4.56. The number of nitrogens with one attached hydrogen (secondary N) is 1. The van der Waals surface area contributed by atoms with Crippen LogP contribution in [0.1, 0.15) is 40.5 Å². The highest BCUT2D eigenvalue weighted by Gasteiger charge is 2.35. The van der Waals surface area contributed by atoms with Crippen LogP contribution in [0.25, 0.3) is 0 Å². The summed E-state index contributed by atoms with van der Waals surface area (Å²) in [6.45, 7) is 10.5. The van der Waals surface area contributed by atoms with Crippen LogP contribution in [0.5, 0.6) is 0 Å². The molecule has 0 aromatic rings. The lowest BCUT2D eigenvalue weighted by Crippen LogP contribution is -2.57. The number of carbonyl (C=O) groups is 1. The molecule has 0 saturated carbocycles. The average molecular weight is 199 g/mol. The molecule has 0 aliphatic carbocycles. The molecule has 0 fully saturated rings. The van der Waals surface area contributed by atoms with Crippen LogP contribution < -0.4 is 5.32 Å². The zero-order valence-corrected chi connectivity index (χ0v) is 9.55. The molecule has 0 heterocycles. The summed E-state index contributed by atoms with van der Waals surface area (Å²) in [5, 5.41) is 12.6. The quantitative estimate of drug-likeness (QED) is 0.661. The summed E-state index contributed by atoms with van der Waals surface area (Å²) in [6, 6.07) is 0. The maximum absolute atomic E-state index is 11.4. The van der Waals surface area contributed by atoms with Gasteiger partial charge in [0, 0.05) is 6.42 Å². The van der Waals surface area contributed by atoms with E-state index in [9.17, 15) is 9.90 Å². The van der Waals surface area contributed by atoms with E-state index in [-0.39, 0.29) is 5.91 Å². The van der Waals surface area contributed by atoms with Crippen LogP contribution in [-0.4, -0.2) is 22.2 Å². The van der Waals surface area contributed by atoms with Crippen LogP contribution >= 0.6 is 0 Å². The fraction of sp³-hybridized carbons (Fsp3) is 0.727. The van der Waals surface area contributed by atoms with Crippen LogP contribution in [0.4, 0.5) is 0 Å². The van der Waals surface area contributed by atoms with Crippen LogP contribution in [-0.2, 0) is 4.79 Å². The third kappa shape index (κ3) is 3.92. The Morgan fingerprint density at radius 1 is 1.43 bits per heavy atom. The number of carbonyl (C=O) groups excluding carboxylic acids is 1. The molecule has 1 amide bonds. The monoisotopic (exact) mass is 199 g/mol. The number of rotatable bonds is 5. The minimum absolute atomic E-state index is 0.0583. The van der Waals surface area contributed by atoms with Gasteiger partial charge in [0.25, 0.3) is 0 Å². The van der Waals surface area contributed by atoms with Gasteiger partial charge in [-0.25, -0.2) is 0 Å². The Morgan fingerprint density at radius 2 is 1.93 bits per heavy atom. The molecule has 0 bridgehead atoms. The van der Waals surface area contributed by atoms with Crippen molar-refractivity contribution in [2.45, 2.75) is 51.7 Å². The normalized spacial score (nSPS) is 12.4. The van der Waals surface area contributed by atoms with Crippen molar-refractivity contribution in [2.24, 2.45) is 0 Å². The largest absolute Gasteiger partial charge is 0.388 e. The first-order chi connectivity index (χ1) is 6.20. The lowest BCUT2D eigenvalue weighted by molar-refractivity contribution is -0.126. The molecular weight excluding hydrogens is 178 g/mol. The number of hydrogen-bond donors (Lipinski definition) is 2. The van der Waals surface area contributed by atoms with Gasteiger partial charge >= 0.3 is 0 Å². The number of amides is 1. The zero-order chi connectivity index (χ0) is 11.4. The summed E-state index contributed by atoms with van der Waals surface area (Å²) in [5.41, 5.74) is -1.55. The Morgan fingerprint density at radius 3 is 2.29 bits per heavy atom. The maximum Gasteiger partial charge on any atom is 0.220 e. The Balaban J connectivity index is 4.22. The van der Waals surface area contributed by atoms with Gasteiger partial charge in [-0.2, -0.15) is 0 Å². The molecule has 14 heavy (non-hydrogen) atoms. The predicted octanol–water partition coefficient (Wildman–Crippen LogP) is 1.62. The summed E-state index contributed by atoms with van der Waals surface area (Å²) in [5.74, 6) is -0.0583. The van der Waals surface area contributed by atoms with Crippen LogP contribution in [0, 0.1) is 0 Å². The topological polar surface area (TPSA) is 49.3 Å². The van der Waals surface area contributed by atoms with E-state index in [2.05, 4.69) is 11.9 Å². The highest BCUT2D eigenvalue weighted by molar-refractivity contribution is 5.77. The molecule has 82 valence electrons. The zero-order valence-electron chi connectivity index (χ0n) is 9.55. The third-order valence-corrected chi connectivity index (χ3v) is 2.56. The van der Waals surface area contributed by atoms with Gasteiger partial charge in [-0.1, -0.05) is 6.08 Å². The van der Waals surface area contributed by atoms with E-state index in [4.69, 9.17) is 0 Å². The van der Waals surface area contributed by atoms with Crippen molar-refractivity contribution in [2.75, 3.05) is 0 Å². The molecule has 0 aliphatic rings. The summed E-state index contributed by atoms with van der Waals surface area (Å²) >= 11 is 0. The highest BCUT2D eigenvalue weighted by atomic mass is 16.3. The first kappa shape index (κ1) is 13.2. The molecule has 0 rings (SSSR count). The van der Waals surface area contributed by atoms with Gasteiger partial charge in [0.15, 0.2) is 0 Å². The van der Waals surface area contributed by atoms with Crippen LogP contribution in [0.2, 0.25) is 0 Å². The van der Waals surface area contributed by atoms with Crippen molar-refractivity contribution < 1.29 is 9.90 Å². The second-order valence-electron chi connectivity index (χ2n) is 4.56. The third-order valence-electron chi connectivity index (χ3n) is 2.56. The summed E-state index contributed by atoms with van der Waals surface area (Å²) < 4.78 is 0. The van der Waals surface area contributed by atoms with Gasteiger partial charge in [-0.15, -0.1) is 6.58 Å². The molecule has 0 unspecified atom stereocenters. The first-order valence-corrected chi connectivity index (χ1v) is 4.85. The summed E-state index contributed by atoms with van der Waals surface area (Å²) in [4.78, 5) is 11.4. The molecule has 0 spiro atoms. The number of aliphatic hydroxyl groups is 1. The second kappa shape index (κ2) is 4.60. The number of hydrogen-bond acceptors (Lipinski definition) is 2. The molecule has 0 aromatic carbocycles. The van der Waals surface area contributed by atoms with E-state index in [1.54, 1.807) is 33.8 Å². The fourth-order valence-electron chi connectivity index (χ4n) is 0.797. The molecule has 3 nitrogen and oxygen atoms in total. The first-order valence-electron chi connectivity index (χ1n) is 4.85. The Bertz CT molecular complexity index is 214. The van der Waals surface area contributed by atoms with Crippen LogP contribution in [0.3, 0.4) is 0 Å². The standard InChI is InChI=1S/C11H21NO2/c1-6-7-8-9(13)12-10(2,3)11(4,5)14/h6,14H,1,7-8H2,2-5H3,(H,12,13). The molecule has 3 heteroatoms. The minimum atomic E-state index is -0.934. The molecule has 0 atom stereocenters. The van der Waals surface area contributed by atoms with E-state index in [0.717, 1.165) is 0 Å². The van der Waals surface area contributed by atoms with Crippen molar-refractivity contribution in [1.82, 2.24) is 5.32 Å². The van der Waals surface area contributed by atoms with Gasteiger partial charge in [-0.3, -0.25) is 4.79 Å². The van der Waals surface area contributed by atoms with Gasteiger partial charge in [-0.05, 0) is 34.1 Å². The average Bonchev–Trinajstić information content (AvgIpc) is 1.97. The number of allylic oxidation sites excluding steroid dienone is 1. The Kier molecular flexibility index (Phi) is 4.33. The van der Waals surface area contributed by atoms with Gasteiger partial charge < -0.3 is 10.4 Å². The van der Waals surface area contributed by atoms with Crippen molar-refractivity contribution >= 4 is 5.91 Å². The van der Waals surface area contributed by atoms with Crippen molar-refractivity contribution in [3.8, 4) is 0 Å². The van der Waals surface area contributed by atoms with E-state index in [1.807, 2.05) is 0 Å². The van der Waals surface area contributed by atoms with Gasteiger partial charge in [0.05, 0.1) is 11.1 Å². The Labute approximate surface area is 86.2 Å². The molecule has 0 radical (unpaired) electrons. The molecule has 0 saturated heterocycles. The van der Waals surface area contributed by atoms with Crippen LogP contribution in [0.15, 0.2) is 12.7 Å². The van der Waals surface area contributed by atoms with E-state index in [1.165, 1.54) is 0 Å². The van der Waals surface area contributed by atoms with Gasteiger partial charge in [0.2, 0.25) is 5.91 Å². The van der Waals surface area contributed by atoms with E-state index in [0.29, 0.717) is 12.8 Å². The lowest BCUT2D eigenvalue weighted by atomic mass is 9.86. The summed E-state index contributed by atoms with van der Waals surface area (Å²) in [6.07, 6.45) is 2.79. The molecule has 2 N–H and O–H groups in total. The molecule has 0 aromatic heterocycles. The fourth-order valence-corrected chi connectivity index (χ4v) is 0.797. The maximum atomic E-state index is 11.4. The minimum Gasteiger partial charge on any atom is -0.388 e. The molecule has 0 aliphatic heterocycles. The highest BCUT2D eigenvalue weighted by Crippen LogP contribution is 2.20. The van der Waals surface area contributed by atoms with Gasteiger partial charge in [0.1, 0.15) is 0 Å². The van der Waals surface area contributed by atoms with Crippen molar-refractivity contribution in [1.29, 1.82) is 0 Å². The SMILES string of the molecule is C=CCCC(=O)NC(C)(C)C(C)(C)O. The Hall–Kier alpha value is -0.830. The van der Waals surface area contributed by atoms with Crippen molar-refractivity contribution in [3.05, 3.63) is 12.7 Å². The van der Waals surface area contributed by atoms with E-state index >= 15 is 0 Å². The molecular formula is C11H21NO2. The summed E-state index contributed by atoms with van der Waals surface area (Å²) in [7, 11) is 0. The lowest BCUT2D eigenvalue weighted by Gasteiger charge is -2.38. The predicted molar refractivity (Wildman–Crippen MR) is 58.0 cm³/mol. The van der Waals surface area contributed by atoms with E-state index < -0.39 is 11.1 Å².